The Hall–Kier alpha value is -1.40. The lowest BCUT2D eigenvalue weighted by atomic mass is 10.1. The summed E-state index contributed by atoms with van der Waals surface area (Å²) in [6, 6.07) is 16.0. The van der Waals surface area contributed by atoms with E-state index < -0.39 is 0 Å². The summed E-state index contributed by atoms with van der Waals surface area (Å²) in [6.45, 7) is 0.111. The molecule has 0 saturated carbocycles. The van der Waals surface area contributed by atoms with Gasteiger partial charge in [0.15, 0.2) is 0 Å². The van der Waals surface area contributed by atoms with E-state index in [1.165, 1.54) is 5.56 Å². The molecule has 0 atom stereocenters. The molecule has 0 aliphatic heterocycles. The lowest BCUT2D eigenvalue weighted by molar-refractivity contribution is 0.305. The third-order valence-electron chi connectivity index (χ3n) is 2.65. The molecular weight excluding hydrogens is 288 g/mol. The van der Waals surface area contributed by atoms with E-state index in [1.54, 1.807) is 11.8 Å². The highest BCUT2D eigenvalue weighted by molar-refractivity contribution is 7.98. The summed E-state index contributed by atoms with van der Waals surface area (Å²) in [5, 5.41) is 9.47. The Labute approximate surface area is 129 Å². The lowest BCUT2D eigenvalue weighted by Gasteiger charge is -2.04. The van der Waals surface area contributed by atoms with E-state index in [9.17, 15) is 0 Å². The molecular formula is C17H15ClOS. The molecule has 0 aliphatic carbocycles. The van der Waals surface area contributed by atoms with Gasteiger partial charge in [-0.1, -0.05) is 47.7 Å². The van der Waals surface area contributed by atoms with Gasteiger partial charge in [-0.15, -0.1) is 11.8 Å². The predicted octanol–water partition coefficient (Wildman–Crippen LogP) is 4.37. The van der Waals surface area contributed by atoms with Crippen LogP contribution in [0.1, 0.15) is 17.5 Å². The minimum absolute atomic E-state index is 0.111. The van der Waals surface area contributed by atoms with Crippen molar-refractivity contribution >= 4 is 23.4 Å². The van der Waals surface area contributed by atoms with Gasteiger partial charge in [-0.25, -0.2) is 0 Å². The molecule has 1 N–H and O–H groups in total. The minimum Gasteiger partial charge on any atom is -0.395 e. The first-order valence-corrected chi connectivity index (χ1v) is 7.72. The number of rotatable bonds is 4. The number of benzene rings is 2. The Balaban J connectivity index is 1.95. The van der Waals surface area contributed by atoms with Crippen LogP contribution in [-0.2, 0) is 5.75 Å². The molecule has 0 spiro atoms. The van der Waals surface area contributed by atoms with Gasteiger partial charge in [0.25, 0.3) is 0 Å². The molecule has 0 amide bonds. The minimum atomic E-state index is 0.111. The fourth-order valence-corrected chi connectivity index (χ4v) is 2.82. The molecule has 0 radical (unpaired) electrons. The summed E-state index contributed by atoms with van der Waals surface area (Å²) < 4.78 is 0. The third kappa shape index (κ3) is 4.61. The van der Waals surface area contributed by atoms with Crippen LogP contribution in [0.2, 0.25) is 5.02 Å². The highest BCUT2D eigenvalue weighted by atomic mass is 35.5. The van der Waals surface area contributed by atoms with E-state index in [1.807, 2.05) is 36.4 Å². The van der Waals surface area contributed by atoms with Crippen molar-refractivity contribution in [1.82, 2.24) is 0 Å². The summed E-state index contributed by atoms with van der Waals surface area (Å²) in [5.41, 5.74) is 2.22. The Bertz CT molecular complexity index is 611. The topological polar surface area (TPSA) is 20.2 Å². The van der Waals surface area contributed by atoms with E-state index >= 15 is 0 Å². The Morgan fingerprint density at radius 1 is 1.05 bits per heavy atom. The van der Waals surface area contributed by atoms with Crippen molar-refractivity contribution in [2.45, 2.75) is 17.1 Å². The SMILES string of the molecule is OCCC#Cc1ccc(CSc2ccccc2Cl)cc1. The quantitative estimate of drug-likeness (QED) is 0.668. The Kier molecular flexibility index (Phi) is 6.01. The fraction of sp³-hybridized carbons (Fsp3) is 0.176. The molecule has 0 saturated heterocycles. The molecule has 20 heavy (non-hydrogen) atoms. The Morgan fingerprint density at radius 3 is 2.50 bits per heavy atom. The maximum Gasteiger partial charge on any atom is 0.0541 e. The first-order valence-electron chi connectivity index (χ1n) is 6.35. The van der Waals surface area contributed by atoms with Crippen molar-refractivity contribution in [2.24, 2.45) is 0 Å². The third-order valence-corrected chi connectivity index (χ3v) is 4.24. The average molecular weight is 303 g/mol. The molecule has 2 aromatic carbocycles. The van der Waals surface area contributed by atoms with Crippen LogP contribution in [0.25, 0.3) is 0 Å². The van der Waals surface area contributed by atoms with E-state index in [0.29, 0.717) is 6.42 Å². The standard InChI is InChI=1S/C17H15ClOS/c18-16-6-1-2-7-17(16)20-13-15-10-8-14(9-11-15)5-3-4-12-19/h1-2,6-11,19H,4,12-13H2. The summed E-state index contributed by atoms with van der Waals surface area (Å²) in [4.78, 5) is 1.10. The van der Waals surface area contributed by atoms with Crippen LogP contribution in [0, 0.1) is 11.8 Å². The summed E-state index contributed by atoms with van der Waals surface area (Å²) in [6.07, 6.45) is 0.518. The van der Waals surface area contributed by atoms with Crippen LogP contribution >= 0.6 is 23.4 Å². The van der Waals surface area contributed by atoms with Gasteiger partial charge >= 0.3 is 0 Å². The number of aliphatic hydroxyl groups is 1. The number of hydrogen-bond donors (Lipinski definition) is 1. The molecule has 0 aliphatic rings. The van der Waals surface area contributed by atoms with Crippen LogP contribution in [0.5, 0.6) is 0 Å². The van der Waals surface area contributed by atoms with Gasteiger partial charge in [-0.2, -0.15) is 0 Å². The van der Waals surface area contributed by atoms with E-state index in [0.717, 1.165) is 21.2 Å². The molecule has 0 fully saturated rings. The van der Waals surface area contributed by atoms with Crippen LogP contribution < -0.4 is 0 Å². The van der Waals surface area contributed by atoms with Crippen LogP contribution in [-0.4, -0.2) is 11.7 Å². The molecule has 0 heterocycles. The largest absolute Gasteiger partial charge is 0.395 e. The van der Waals surface area contributed by atoms with Gasteiger partial charge in [0, 0.05) is 22.6 Å². The summed E-state index contributed by atoms with van der Waals surface area (Å²) in [7, 11) is 0. The zero-order chi connectivity index (χ0) is 14.2. The van der Waals surface area contributed by atoms with E-state index in [-0.39, 0.29) is 6.61 Å². The summed E-state index contributed by atoms with van der Waals surface area (Å²) >= 11 is 7.85. The van der Waals surface area contributed by atoms with Crippen molar-refractivity contribution in [3.63, 3.8) is 0 Å². The zero-order valence-corrected chi connectivity index (χ0v) is 12.5. The zero-order valence-electron chi connectivity index (χ0n) is 11.0. The van der Waals surface area contributed by atoms with Crippen molar-refractivity contribution in [3.8, 4) is 11.8 Å². The normalized spacial score (nSPS) is 9.90. The van der Waals surface area contributed by atoms with Crippen LogP contribution in [0.4, 0.5) is 0 Å². The number of aliphatic hydroxyl groups excluding tert-OH is 1. The molecule has 0 bridgehead atoms. The lowest BCUT2D eigenvalue weighted by Crippen LogP contribution is -1.83. The van der Waals surface area contributed by atoms with E-state index in [2.05, 4.69) is 24.0 Å². The molecule has 0 unspecified atom stereocenters. The maximum absolute atomic E-state index is 8.67. The fourth-order valence-electron chi connectivity index (χ4n) is 1.63. The molecule has 1 nitrogen and oxygen atoms in total. The highest BCUT2D eigenvalue weighted by Gasteiger charge is 2.00. The molecule has 0 aromatic heterocycles. The number of hydrogen-bond acceptors (Lipinski definition) is 2. The van der Waals surface area contributed by atoms with Crippen molar-refractivity contribution in [1.29, 1.82) is 0 Å². The van der Waals surface area contributed by atoms with E-state index in [4.69, 9.17) is 16.7 Å². The van der Waals surface area contributed by atoms with Crippen LogP contribution in [0.3, 0.4) is 0 Å². The first-order chi connectivity index (χ1) is 9.79. The van der Waals surface area contributed by atoms with Gasteiger partial charge in [-0.05, 0) is 29.8 Å². The molecule has 102 valence electrons. The Morgan fingerprint density at radius 2 is 1.80 bits per heavy atom. The van der Waals surface area contributed by atoms with Gasteiger partial charge in [0.2, 0.25) is 0 Å². The second-order valence-electron chi connectivity index (χ2n) is 4.19. The van der Waals surface area contributed by atoms with Crippen molar-refractivity contribution in [3.05, 3.63) is 64.7 Å². The van der Waals surface area contributed by atoms with Gasteiger partial charge in [-0.3, -0.25) is 0 Å². The molecule has 3 heteroatoms. The second kappa shape index (κ2) is 8.01. The van der Waals surface area contributed by atoms with Gasteiger partial charge in [0.05, 0.1) is 11.6 Å². The monoisotopic (exact) mass is 302 g/mol. The van der Waals surface area contributed by atoms with Gasteiger partial charge in [0.1, 0.15) is 0 Å². The number of thioether (sulfide) groups is 1. The number of halogens is 1. The molecule has 2 rings (SSSR count). The summed E-state index contributed by atoms with van der Waals surface area (Å²) in [5.74, 6) is 6.81. The average Bonchev–Trinajstić information content (AvgIpc) is 2.48. The second-order valence-corrected chi connectivity index (χ2v) is 5.62. The molecule has 2 aromatic rings. The highest BCUT2D eigenvalue weighted by Crippen LogP contribution is 2.29. The smallest absolute Gasteiger partial charge is 0.0541 e. The first kappa shape index (κ1) is 15.0. The predicted molar refractivity (Wildman–Crippen MR) is 86.0 cm³/mol. The maximum atomic E-state index is 8.67. The van der Waals surface area contributed by atoms with Crippen molar-refractivity contribution in [2.75, 3.05) is 6.61 Å². The van der Waals surface area contributed by atoms with Crippen LogP contribution in [0.15, 0.2) is 53.4 Å². The van der Waals surface area contributed by atoms with Crippen molar-refractivity contribution < 1.29 is 5.11 Å². The van der Waals surface area contributed by atoms with Gasteiger partial charge < -0.3 is 5.11 Å².